The maximum atomic E-state index is 12.8. The molecule has 1 saturated carbocycles. The molecular weight excluding hydrogens is 462 g/mol. The largest absolute Gasteiger partial charge is 0.480 e. The summed E-state index contributed by atoms with van der Waals surface area (Å²) in [7, 11) is 0. The molecule has 1 aliphatic carbocycles. The Morgan fingerprint density at radius 1 is 1.22 bits per heavy atom. The highest BCUT2D eigenvalue weighted by Gasteiger charge is 2.46. The zero-order chi connectivity index (χ0) is 24.6. The van der Waals surface area contributed by atoms with Crippen LogP contribution < -0.4 is 25.2 Å². The van der Waals surface area contributed by atoms with Crippen LogP contribution in [0.25, 0.3) is 0 Å². The minimum Gasteiger partial charge on any atom is -0.480 e. The summed E-state index contributed by atoms with van der Waals surface area (Å²) in [5.74, 6) is 0.987. The topological polar surface area (TPSA) is 132 Å². The van der Waals surface area contributed by atoms with Crippen LogP contribution in [0.4, 0.5) is 27.8 Å². The van der Waals surface area contributed by atoms with Gasteiger partial charge in [0.1, 0.15) is 11.9 Å². The molecule has 6 rings (SSSR count). The van der Waals surface area contributed by atoms with Gasteiger partial charge in [-0.3, -0.25) is 14.7 Å². The molecule has 4 aliphatic rings. The van der Waals surface area contributed by atoms with Crippen LogP contribution in [0.15, 0.2) is 35.3 Å². The summed E-state index contributed by atoms with van der Waals surface area (Å²) in [5.41, 5.74) is 2.47. The fourth-order valence-electron chi connectivity index (χ4n) is 5.30. The van der Waals surface area contributed by atoms with E-state index in [-0.39, 0.29) is 30.7 Å². The average molecular weight is 488 g/mol. The number of carbonyl (C=O) groups excluding carboxylic acids is 2. The van der Waals surface area contributed by atoms with E-state index >= 15 is 0 Å². The highest BCUT2D eigenvalue weighted by atomic mass is 16.6. The molecule has 2 amide bonds. The molecule has 3 aliphatic heterocycles. The predicted molar refractivity (Wildman–Crippen MR) is 132 cm³/mol. The van der Waals surface area contributed by atoms with E-state index in [1.54, 1.807) is 23.1 Å². The molecule has 1 aromatic heterocycles. The lowest BCUT2D eigenvalue weighted by molar-refractivity contribution is -0.118. The molecular formula is C25H25N7O4. The Morgan fingerprint density at radius 2 is 2.14 bits per heavy atom. The molecule has 36 heavy (non-hydrogen) atoms. The van der Waals surface area contributed by atoms with E-state index in [1.807, 2.05) is 18.3 Å². The van der Waals surface area contributed by atoms with Crippen molar-refractivity contribution in [2.75, 3.05) is 41.4 Å². The third-order valence-electron chi connectivity index (χ3n) is 7.04. The lowest BCUT2D eigenvalue weighted by atomic mass is 9.88. The van der Waals surface area contributed by atoms with E-state index in [9.17, 15) is 14.9 Å². The smallest absolute Gasteiger partial charge is 0.416 e. The van der Waals surface area contributed by atoms with Crippen molar-refractivity contribution in [3.63, 3.8) is 0 Å². The third-order valence-corrected chi connectivity index (χ3v) is 7.04. The number of nitriles is 1. The van der Waals surface area contributed by atoms with Crippen LogP contribution in [0.2, 0.25) is 0 Å². The van der Waals surface area contributed by atoms with Gasteiger partial charge in [-0.1, -0.05) is 0 Å². The molecule has 2 N–H and O–H groups in total. The van der Waals surface area contributed by atoms with Gasteiger partial charge in [0.25, 0.3) is 5.91 Å². The quantitative estimate of drug-likeness (QED) is 0.657. The number of nitrogens with one attached hydrogen (secondary N) is 2. The van der Waals surface area contributed by atoms with Crippen molar-refractivity contribution in [2.24, 2.45) is 4.99 Å². The summed E-state index contributed by atoms with van der Waals surface area (Å²) in [6.07, 6.45) is 3.63. The van der Waals surface area contributed by atoms with Gasteiger partial charge < -0.3 is 25.0 Å². The van der Waals surface area contributed by atoms with Crippen LogP contribution in [-0.2, 0) is 9.53 Å². The Kier molecular flexibility index (Phi) is 5.65. The first kappa shape index (κ1) is 22.3. The van der Waals surface area contributed by atoms with Crippen molar-refractivity contribution in [1.29, 1.82) is 5.26 Å². The van der Waals surface area contributed by atoms with Gasteiger partial charge in [-0.15, -0.1) is 0 Å². The van der Waals surface area contributed by atoms with E-state index in [0.29, 0.717) is 35.9 Å². The van der Waals surface area contributed by atoms with Crippen molar-refractivity contribution < 1.29 is 19.1 Å². The number of hydrogen-bond acceptors (Lipinski definition) is 9. The van der Waals surface area contributed by atoms with Gasteiger partial charge in [-0.05, 0) is 43.2 Å². The SMILES string of the molecule is N#Cc1ccc2c(c1)N(CCN[C@H]1CC[C@H]3[C@H](C1)OC(=O)N3c1ccc3c(n1)NC(=O)CO3)CC=N2. The molecule has 0 spiro atoms. The van der Waals surface area contributed by atoms with Gasteiger partial charge in [0, 0.05) is 31.8 Å². The number of hydrogen-bond donors (Lipinski definition) is 2. The molecule has 2 fully saturated rings. The lowest BCUT2D eigenvalue weighted by Gasteiger charge is -2.34. The molecule has 4 heterocycles. The average Bonchev–Trinajstić information content (AvgIpc) is 3.23. The highest BCUT2D eigenvalue weighted by molar-refractivity contribution is 5.95. The first-order valence-corrected chi connectivity index (χ1v) is 12.1. The van der Waals surface area contributed by atoms with Crippen LogP contribution in [-0.4, -0.2) is 67.6 Å². The van der Waals surface area contributed by atoms with Crippen LogP contribution in [0.3, 0.4) is 0 Å². The summed E-state index contributed by atoms with van der Waals surface area (Å²) in [4.78, 5) is 37.1. The van der Waals surface area contributed by atoms with Gasteiger partial charge in [0.2, 0.25) is 0 Å². The summed E-state index contributed by atoms with van der Waals surface area (Å²) in [5, 5.41) is 15.5. The number of amides is 2. The number of benzene rings is 1. The van der Waals surface area contributed by atoms with Crippen molar-refractivity contribution in [3.8, 4) is 11.8 Å². The summed E-state index contributed by atoms with van der Waals surface area (Å²) >= 11 is 0. The van der Waals surface area contributed by atoms with Gasteiger partial charge in [-0.25, -0.2) is 9.78 Å². The molecule has 184 valence electrons. The molecule has 0 radical (unpaired) electrons. The van der Waals surface area contributed by atoms with Gasteiger partial charge >= 0.3 is 6.09 Å². The third kappa shape index (κ3) is 4.09. The number of anilines is 3. The molecule has 1 aromatic carbocycles. The number of nitrogens with zero attached hydrogens (tertiary/aromatic N) is 5. The van der Waals surface area contributed by atoms with Crippen LogP contribution in [0, 0.1) is 11.3 Å². The highest BCUT2D eigenvalue weighted by Crippen LogP contribution is 2.37. The summed E-state index contributed by atoms with van der Waals surface area (Å²) in [6, 6.07) is 11.3. The molecule has 2 aromatic rings. The second-order valence-corrected chi connectivity index (χ2v) is 9.25. The monoisotopic (exact) mass is 487 g/mol. The fraction of sp³-hybridized carbons (Fsp3) is 0.400. The minimum atomic E-state index is -0.418. The molecule has 0 bridgehead atoms. The molecule has 11 nitrogen and oxygen atoms in total. The van der Waals surface area contributed by atoms with Crippen molar-refractivity contribution in [1.82, 2.24) is 10.3 Å². The first-order valence-electron chi connectivity index (χ1n) is 12.1. The molecule has 3 atom stereocenters. The van der Waals surface area contributed by atoms with E-state index in [1.165, 1.54) is 0 Å². The number of carbonyl (C=O) groups is 2. The van der Waals surface area contributed by atoms with E-state index < -0.39 is 6.09 Å². The second kappa shape index (κ2) is 9.13. The lowest BCUT2D eigenvalue weighted by Crippen LogP contribution is -2.47. The first-order chi connectivity index (χ1) is 17.6. The zero-order valence-corrected chi connectivity index (χ0v) is 19.5. The number of rotatable bonds is 5. The summed E-state index contributed by atoms with van der Waals surface area (Å²) in [6.45, 7) is 2.19. The maximum Gasteiger partial charge on any atom is 0.416 e. The Hall–Kier alpha value is -4.17. The Bertz CT molecular complexity index is 1290. The second-order valence-electron chi connectivity index (χ2n) is 9.25. The van der Waals surface area contributed by atoms with E-state index in [2.05, 4.69) is 31.6 Å². The van der Waals surface area contributed by atoms with Crippen LogP contribution in [0.5, 0.6) is 5.75 Å². The zero-order valence-electron chi connectivity index (χ0n) is 19.5. The van der Waals surface area contributed by atoms with Gasteiger partial charge in [0.05, 0.1) is 35.6 Å². The number of aromatic nitrogens is 1. The van der Waals surface area contributed by atoms with E-state index in [0.717, 1.165) is 37.3 Å². The predicted octanol–water partition coefficient (Wildman–Crippen LogP) is 2.34. The van der Waals surface area contributed by atoms with Crippen molar-refractivity contribution >= 4 is 41.2 Å². The number of ether oxygens (including phenoxy) is 2. The summed E-state index contributed by atoms with van der Waals surface area (Å²) < 4.78 is 11.1. The number of pyridine rings is 1. The van der Waals surface area contributed by atoms with Crippen molar-refractivity contribution in [2.45, 2.75) is 37.5 Å². The Morgan fingerprint density at radius 3 is 3.03 bits per heavy atom. The molecule has 1 saturated heterocycles. The van der Waals surface area contributed by atoms with E-state index in [4.69, 9.17) is 9.47 Å². The Balaban J connectivity index is 1.07. The minimum absolute atomic E-state index is 0.0440. The van der Waals surface area contributed by atoms with Crippen molar-refractivity contribution in [3.05, 3.63) is 35.9 Å². The number of fused-ring (bicyclic) bond motifs is 3. The standard InChI is InChI=1S/C25H25N7O4/c26-13-15-1-3-17-19(11-15)31(10-8-28-17)9-7-27-16-2-4-18-21(12-16)36-25(34)32(18)22-6-5-20-24(29-22)30-23(33)14-35-20/h1,3,5-6,8,11,16,18,21,27H,2,4,7,9-10,12,14H2,(H,29,30,33)/t16-,18-,21-/m0/s1. The maximum absolute atomic E-state index is 12.8. The fourth-order valence-corrected chi connectivity index (χ4v) is 5.30. The van der Waals surface area contributed by atoms with Gasteiger partial charge in [-0.2, -0.15) is 5.26 Å². The Labute approximate surface area is 207 Å². The van der Waals surface area contributed by atoms with Crippen LogP contribution >= 0.6 is 0 Å². The molecule has 11 heteroatoms. The van der Waals surface area contributed by atoms with Gasteiger partial charge in [0.15, 0.2) is 18.2 Å². The molecule has 0 unspecified atom stereocenters. The van der Waals surface area contributed by atoms with Crippen LogP contribution in [0.1, 0.15) is 24.8 Å². The normalized spacial score (nSPS) is 24.1. The number of aliphatic imine (C=N–C) groups is 1.